The van der Waals surface area contributed by atoms with Crippen molar-refractivity contribution >= 4 is 5.71 Å². The zero-order valence-electron chi connectivity index (χ0n) is 5.78. The maximum Gasteiger partial charge on any atom is 0.0657 e. The third-order valence-corrected chi connectivity index (χ3v) is 1.27. The standard InChI is InChI=1S/C7H9N3/c1-6(10-8)7-3-2-4-9-5-7/h2-5H,8H2,1H3/b10-6-. The van der Waals surface area contributed by atoms with Gasteiger partial charge in [-0.2, -0.15) is 5.10 Å². The van der Waals surface area contributed by atoms with Gasteiger partial charge in [0.2, 0.25) is 0 Å². The third-order valence-electron chi connectivity index (χ3n) is 1.27. The van der Waals surface area contributed by atoms with Crippen LogP contribution < -0.4 is 5.84 Å². The summed E-state index contributed by atoms with van der Waals surface area (Å²) in [4.78, 5) is 3.92. The highest BCUT2D eigenvalue weighted by Crippen LogP contribution is 1.95. The first kappa shape index (κ1) is 6.74. The van der Waals surface area contributed by atoms with Crippen molar-refractivity contribution in [2.24, 2.45) is 10.9 Å². The van der Waals surface area contributed by atoms with Crippen LogP contribution in [0.15, 0.2) is 29.6 Å². The minimum Gasteiger partial charge on any atom is -0.323 e. The minimum absolute atomic E-state index is 0.799. The van der Waals surface area contributed by atoms with E-state index in [2.05, 4.69) is 10.1 Å². The van der Waals surface area contributed by atoms with Gasteiger partial charge in [-0.3, -0.25) is 4.98 Å². The number of hydrogen-bond acceptors (Lipinski definition) is 3. The van der Waals surface area contributed by atoms with Crippen molar-refractivity contribution in [1.82, 2.24) is 4.98 Å². The fourth-order valence-electron chi connectivity index (χ4n) is 0.651. The van der Waals surface area contributed by atoms with Gasteiger partial charge >= 0.3 is 0 Å². The summed E-state index contributed by atoms with van der Waals surface area (Å²) in [6, 6.07) is 3.77. The van der Waals surface area contributed by atoms with Crippen LogP contribution in [0.4, 0.5) is 0 Å². The summed E-state index contributed by atoms with van der Waals surface area (Å²) in [5.74, 6) is 5.06. The highest BCUT2D eigenvalue weighted by atomic mass is 15.1. The highest BCUT2D eigenvalue weighted by molar-refractivity contribution is 5.98. The van der Waals surface area contributed by atoms with Crippen molar-refractivity contribution in [2.75, 3.05) is 0 Å². The summed E-state index contributed by atoms with van der Waals surface area (Å²) in [7, 11) is 0. The molecule has 0 saturated heterocycles. The molecule has 0 aliphatic rings. The average molecular weight is 135 g/mol. The van der Waals surface area contributed by atoms with Gasteiger partial charge in [-0.25, -0.2) is 0 Å². The molecule has 0 fully saturated rings. The van der Waals surface area contributed by atoms with E-state index in [0.29, 0.717) is 0 Å². The Bertz CT molecular complexity index is 228. The molecule has 3 nitrogen and oxygen atoms in total. The van der Waals surface area contributed by atoms with Crippen LogP contribution in [0, 0.1) is 0 Å². The molecular formula is C7H9N3. The SMILES string of the molecule is C/C(=N/N)c1cccnc1. The summed E-state index contributed by atoms with van der Waals surface area (Å²) in [5.41, 5.74) is 1.76. The Kier molecular flexibility index (Phi) is 1.99. The molecule has 0 radical (unpaired) electrons. The zero-order chi connectivity index (χ0) is 7.40. The Labute approximate surface area is 59.6 Å². The lowest BCUT2D eigenvalue weighted by molar-refractivity contribution is 1.22. The van der Waals surface area contributed by atoms with Crippen molar-refractivity contribution in [1.29, 1.82) is 0 Å². The molecule has 10 heavy (non-hydrogen) atoms. The number of rotatable bonds is 1. The lowest BCUT2D eigenvalue weighted by Gasteiger charge is -1.94. The fourth-order valence-corrected chi connectivity index (χ4v) is 0.651. The predicted octanol–water partition coefficient (Wildman–Crippen LogP) is 0.764. The first-order chi connectivity index (χ1) is 4.84. The van der Waals surface area contributed by atoms with Gasteiger partial charge < -0.3 is 5.84 Å². The molecule has 0 atom stereocenters. The van der Waals surface area contributed by atoms with Crippen LogP contribution in [0.2, 0.25) is 0 Å². The maximum absolute atomic E-state index is 5.06. The van der Waals surface area contributed by atoms with Gasteiger partial charge in [0.15, 0.2) is 0 Å². The van der Waals surface area contributed by atoms with Crippen molar-refractivity contribution < 1.29 is 0 Å². The summed E-state index contributed by atoms with van der Waals surface area (Å²) in [6.07, 6.45) is 3.44. The van der Waals surface area contributed by atoms with E-state index in [9.17, 15) is 0 Å². The van der Waals surface area contributed by atoms with Crippen LogP contribution in [0.3, 0.4) is 0 Å². The van der Waals surface area contributed by atoms with E-state index in [-0.39, 0.29) is 0 Å². The predicted molar refractivity (Wildman–Crippen MR) is 40.6 cm³/mol. The van der Waals surface area contributed by atoms with Crippen LogP contribution in [0.1, 0.15) is 12.5 Å². The molecule has 1 aromatic heterocycles. The Morgan fingerprint density at radius 1 is 1.70 bits per heavy atom. The molecule has 0 aromatic carbocycles. The van der Waals surface area contributed by atoms with Crippen molar-refractivity contribution in [3.63, 3.8) is 0 Å². The topological polar surface area (TPSA) is 51.3 Å². The van der Waals surface area contributed by atoms with Gasteiger partial charge in [0.05, 0.1) is 5.71 Å². The molecule has 0 aliphatic heterocycles. The molecule has 52 valence electrons. The molecule has 0 unspecified atom stereocenters. The normalized spacial score (nSPS) is 11.5. The second-order valence-corrected chi connectivity index (χ2v) is 1.96. The number of aromatic nitrogens is 1. The Balaban J connectivity index is 2.96. The molecular weight excluding hydrogens is 126 g/mol. The lowest BCUT2D eigenvalue weighted by Crippen LogP contribution is -1.98. The second-order valence-electron chi connectivity index (χ2n) is 1.96. The number of nitrogens with zero attached hydrogens (tertiary/aromatic N) is 2. The minimum atomic E-state index is 0.799. The lowest BCUT2D eigenvalue weighted by atomic mass is 10.2. The van der Waals surface area contributed by atoms with Crippen LogP contribution in [-0.4, -0.2) is 10.7 Å². The average Bonchev–Trinajstić information content (AvgIpc) is 2.05. The van der Waals surface area contributed by atoms with Crippen LogP contribution in [-0.2, 0) is 0 Å². The third kappa shape index (κ3) is 1.31. The van der Waals surface area contributed by atoms with Crippen LogP contribution >= 0.6 is 0 Å². The van der Waals surface area contributed by atoms with E-state index < -0.39 is 0 Å². The monoisotopic (exact) mass is 135 g/mol. The van der Waals surface area contributed by atoms with E-state index >= 15 is 0 Å². The summed E-state index contributed by atoms with van der Waals surface area (Å²) >= 11 is 0. The largest absolute Gasteiger partial charge is 0.323 e. The quantitative estimate of drug-likeness (QED) is 0.351. The van der Waals surface area contributed by atoms with Gasteiger partial charge in [0.1, 0.15) is 0 Å². The van der Waals surface area contributed by atoms with E-state index in [4.69, 9.17) is 5.84 Å². The van der Waals surface area contributed by atoms with Crippen molar-refractivity contribution in [3.8, 4) is 0 Å². The number of nitrogens with two attached hydrogens (primary N) is 1. The van der Waals surface area contributed by atoms with Gasteiger partial charge in [-0.05, 0) is 13.0 Å². The molecule has 2 N–H and O–H groups in total. The van der Waals surface area contributed by atoms with Gasteiger partial charge in [0, 0.05) is 18.0 Å². The molecule has 0 bridgehead atoms. The van der Waals surface area contributed by atoms with Crippen LogP contribution in [0.5, 0.6) is 0 Å². The first-order valence-corrected chi connectivity index (χ1v) is 2.99. The van der Waals surface area contributed by atoms with E-state index in [1.54, 1.807) is 12.4 Å². The Morgan fingerprint density at radius 3 is 3.00 bits per heavy atom. The van der Waals surface area contributed by atoms with Crippen molar-refractivity contribution in [3.05, 3.63) is 30.1 Å². The number of pyridine rings is 1. The van der Waals surface area contributed by atoms with Gasteiger partial charge in [0.25, 0.3) is 0 Å². The summed E-state index contributed by atoms with van der Waals surface area (Å²) < 4.78 is 0. The molecule has 0 saturated carbocycles. The molecule has 3 heteroatoms. The smallest absolute Gasteiger partial charge is 0.0657 e. The molecule has 0 aliphatic carbocycles. The van der Waals surface area contributed by atoms with Gasteiger partial charge in [-0.1, -0.05) is 6.07 Å². The maximum atomic E-state index is 5.06. The number of hydrogen-bond donors (Lipinski definition) is 1. The van der Waals surface area contributed by atoms with E-state index in [1.165, 1.54) is 0 Å². The second kappa shape index (κ2) is 2.96. The van der Waals surface area contributed by atoms with Crippen molar-refractivity contribution in [2.45, 2.75) is 6.92 Å². The first-order valence-electron chi connectivity index (χ1n) is 2.99. The van der Waals surface area contributed by atoms with E-state index in [1.807, 2.05) is 19.1 Å². The van der Waals surface area contributed by atoms with E-state index in [0.717, 1.165) is 11.3 Å². The van der Waals surface area contributed by atoms with Gasteiger partial charge in [-0.15, -0.1) is 0 Å². The fraction of sp³-hybridized carbons (Fsp3) is 0.143. The zero-order valence-corrected chi connectivity index (χ0v) is 5.78. The Hall–Kier alpha value is -1.38. The molecule has 1 aromatic rings. The molecule has 0 spiro atoms. The molecule has 1 rings (SSSR count). The van der Waals surface area contributed by atoms with Crippen LogP contribution in [0.25, 0.3) is 0 Å². The molecule has 1 heterocycles. The number of hydrazone groups is 1. The Morgan fingerprint density at radius 2 is 2.50 bits per heavy atom. The summed E-state index contributed by atoms with van der Waals surface area (Å²) in [5, 5.41) is 3.54. The summed E-state index contributed by atoms with van der Waals surface area (Å²) in [6.45, 7) is 1.84. The highest BCUT2D eigenvalue weighted by Gasteiger charge is 1.92. The molecule has 0 amide bonds.